The van der Waals surface area contributed by atoms with Crippen LogP contribution in [0.4, 0.5) is 0 Å². The molecule has 0 bridgehead atoms. The molecule has 4 nitrogen and oxygen atoms in total. The van der Waals surface area contributed by atoms with Crippen LogP contribution in [0.5, 0.6) is 0 Å². The highest BCUT2D eigenvalue weighted by molar-refractivity contribution is 7.99. The van der Waals surface area contributed by atoms with Crippen molar-refractivity contribution in [3.8, 4) is 0 Å². The van der Waals surface area contributed by atoms with Gasteiger partial charge in [-0.25, -0.2) is 0 Å². The van der Waals surface area contributed by atoms with Crippen molar-refractivity contribution in [2.24, 2.45) is 7.05 Å². The third-order valence-electron chi connectivity index (χ3n) is 3.99. The van der Waals surface area contributed by atoms with Crippen LogP contribution >= 0.6 is 11.8 Å². The van der Waals surface area contributed by atoms with Gasteiger partial charge < -0.3 is 10.1 Å². The Hall–Kier alpha value is -0.520. The lowest BCUT2D eigenvalue weighted by Gasteiger charge is -2.36. The average molecular weight is 281 g/mol. The zero-order valence-electron chi connectivity index (χ0n) is 11.5. The van der Waals surface area contributed by atoms with Crippen molar-refractivity contribution in [3.63, 3.8) is 0 Å². The van der Waals surface area contributed by atoms with E-state index in [1.54, 1.807) is 0 Å². The third-order valence-corrected chi connectivity index (χ3v) is 5.20. The predicted molar refractivity (Wildman–Crippen MR) is 78.4 cm³/mol. The Balaban J connectivity index is 1.66. The first-order valence-corrected chi connectivity index (χ1v) is 8.42. The van der Waals surface area contributed by atoms with Crippen molar-refractivity contribution in [2.75, 3.05) is 18.1 Å². The van der Waals surface area contributed by atoms with E-state index in [9.17, 15) is 0 Å². The number of ether oxygens (including phenoxy) is 1. The van der Waals surface area contributed by atoms with Gasteiger partial charge in [0.1, 0.15) is 6.10 Å². The fourth-order valence-electron chi connectivity index (χ4n) is 3.04. The van der Waals surface area contributed by atoms with Crippen molar-refractivity contribution in [1.29, 1.82) is 0 Å². The zero-order chi connectivity index (χ0) is 13.1. The first-order chi connectivity index (χ1) is 9.33. The molecule has 106 valence electrons. The van der Waals surface area contributed by atoms with E-state index >= 15 is 0 Å². The SMILES string of the molecule is Cn1cc([C@H]2OCCC[C@@H]2NC2CCCSC2)cn1. The monoisotopic (exact) mass is 281 g/mol. The summed E-state index contributed by atoms with van der Waals surface area (Å²) >= 11 is 2.07. The van der Waals surface area contributed by atoms with Gasteiger partial charge in [-0.1, -0.05) is 0 Å². The minimum Gasteiger partial charge on any atom is -0.372 e. The van der Waals surface area contributed by atoms with Gasteiger partial charge >= 0.3 is 0 Å². The predicted octanol–water partition coefficient (Wildman–Crippen LogP) is 2.13. The molecule has 19 heavy (non-hydrogen) atoms. The number of thioether (sulfide) groups is 1. The molecule has 3 heterocycles. The lowest BCUT2D eigenvalue weighted by Crippen LogP contribution is -2.46. The van der Waals surface area contributed by atoms with Gasteiger partial charge in [0.15, 0.2) is 0 Å². The van der Waals surface area contributed by atoms with Gasteiger partial charge in [0.05, 0.1) is 6.20 Å². The number of aromatic nitrogens is 2. The molecule has 1 unspecified atom stereocenters. The van der Waals surface area contributed by atoms with E-state index in [1.807, 2.05) is 17.9 Å². The summed E-state index contributed by atoms with van der Waals surface area (Å²) in [6.45, 7) is 0.872. The Kier molecular flexibility index (Phi) is 4.45. The summed E-state index contributed by atoms with van der Waals surface area (Å²) in [5.74, 6) is 2.57. The lowest BCUT2D eigenvalue weighted by atomic mass is 9.97. The summed E-state index contributed by atoms with van der Waals surface area (Å²) in [6, 6.07) is 1.10. The van der Waals surface area contributed by atoms with E-state index < -0.39 is 0 Å². The van der Waals surface area contributed by atoms with Gasteiger partial charge in [0.2, 0.25) is 0 Å². The molecule has 2 aliphatic heterocycles. The van der Waals surface area contributed by atoms with Crippen molar-refractivity contribution >= 4 is 11.8 Å². The number of nitrogens with zero attached hydrogens (tertiary/aromatic N) is 2. The maximum Gasteiger partial charge on any atom is 0.101 e. The van der Waals surface area contributed by atoms with Gasteiger partial charge in [0.25, 0.3) is 0 Å². The van der Waals surface area contributed by atoms with Crippen LogP contribution in [0.1, 0.15) is 37.4 Å². The minimum absolute atomic E-state index is 0.175. The van der Waals surface area contributed by atoms with E-state index in [-0.39, 0.29) is 6.10 Å². The highest BCUT2D eigenvalue weighted by atomic mass is 32.2. The van der Waals surface area contributed by atoms with E-state index in [0.29, 0.717) is 12.1 Å². The molecule has 2 saturated heterocycles. The summed E-state index contributed by atoms with van der Waals surface area (Å²) in [5.41, 5.74) is 1.21. The van der Waals surface area contributed by atoms with Gasteiger partial charge in [-0.05, 0) is 31.4 Å². The molecule has 0 saturated carbocycles. The van der Waals surface area contributed by atoms with E-state index in [2.05, 4.69) is 28.4 Å². The van der Waals surface area contributed by atoms with Crippen LogP contribution in [-0.4, -0.2) is 40.0 Å². The molecule has 1 N–H and O–H groups in total. The summed E-state index contributed by atoms with van der Waals surface area (Å²) in [6.07, 6.45) is 9.22. The molecule has 2 fully saturated rings. The normalized spacial score (nSPS) is 32.4. The van der Waals surface area contributed by atoms with Crippen LogP contribution in [0.15, 0.2) is 12.4 Å². The summed E-state index contributed by atoms with van der Waals surface area (Å²) in [4.78, 5) is 0. The van der Waals surface area contributed by atoms with Crippen molar-refractivity contribution in [2.45, 2.75) is 43.9 Å². The first-order valence-electron chi connectivity index (χ1n) is 7.27. The number of hydrogen-bond acceptors (Lipinski definition) is 4. The molecule has 0 amide bonds. The van der Waals surface area contributed by atoms with Crippen LogP contribution in [0.3, 0.4) is 0 Å². The van der Waals surface area contributed by atoms with Crippen LogP contribution in [0.2, 0.25) is 0 Å². The molecule has 3 rings (SSSR count). The first kappa shape index (κ1) is 13.5. The Bertz CT molecular complexity index is 403. The molecule has 2 aliphatic rings. The summed E-state index contributed by atoms with van der Waals surface area (Å²) in [5, 5.41) is 8.11. The molecule has 0 radical (unpaired) electrons. The van der Waals surface area contributed by atoms with E-state index in [0.717, 1.165) is 13.0 Å². The minimum atomic E-state index is 0.175. The number of nitrogens with one attached hydrogen (secondary N) is 1. The Labute approximate surface area is 119 Å². The number of aryl methyl sites for hydroxylation is 1. The molecule has 0 aromatic carbocycles. The molecule has 0 spiro atoms. The second-order valence-electron chi connectivity index (χ2n) is 5.57. The van der Waals surface area contributed by atoms with Crippen molar-refractivity contribution < 1.29 is 4.74 Å². The molecule has 0 aliphatic carbocycles. The van der Waals surface area contributed by atoms with Gasteiger partial charge in [0, 0.05) is 43.3 Å². The standard InChI is InChI=1S/C14H23N3OS/c1-17-9-11(8-15-17)14-13(5-2-6-18-14)16-12-4-3-7-19-10-12/h8-9,12-14,16H,2-7,10H2,1H3/t12?,13-,14+/m0/s1. The van der Waals surface area contributed by atoms with Gasteiger partial charge in [-0.15, -0.1) is 0 Å². The van der Waals surface area contributed by atoms with Crippen LogP contribution in [-0.2, 0) is 11.8 Å². The molecule has 5 heteroatoms. The largest absolute Gasteiger partial charge is 0.372 e. The van der Waals surface area contributed by atoms with Crippen LogP contribution < -0.4 is 5.32 Å². The maximum absolute atomic E-state index is 6.01. The second kappa shape index (κ2) is 6.29. The lowest BCUT2D eigenvalue weighted by molar-refractivity contribution is -0.0135. The Morgan fingerprint density at radius 1 is 1.42 bits per heavy atom. The quantitative estimate of drug-likeness (QED) is 0.921. The van der Waals surface area contributed by atoms with Crippen LogP contribution in [0, 0.1) is 0 Å². The molecular weight excluding hydrogens is 258 g/mol. The van der Waals surface area contributed by atoms with Gasteiger partial charge in [-0.2, -0.15) is 16.9 Å². The second-order valence-corrected chi connectivity index (χ2v) is 6.72. The van der Waals surface area contributed by atoms with Crippen molar-refractivity contribution in [3.05, 3.63) is 18.0 Å². The van der Waals surface area contributed by atoms with E-state index in [1.165, 1.54) is 36.3 Å². The fourth-order valence-corrected chi connectivity index (χ4v) is 4.13. The van der Waals surface area contributed by atoms with Crippen LogP contribution in [0.25, 0.3) is 0 Å². The summed E-state index contributed by atoms with van der Waals surface area (Å²) in [7, 11) is 1.96. The third kappa shape index (κ3) is 3.33. The molecule has 1 aromatic rings. The molecular formula is C14H23N3OS. The highest BCUT2D eigenvalue weighted by Crippen LogP contribution is 2.29. The highest BCUT2D eigenvalue weighted by Gasteiger charge is 2.30. The molecule has 3 atom stereocenters. The van der Waals surface area contributed by atoms with E-state index in [4.69, 9.17) is 4.74 Å². The zero-order valence-corrected chi connectivity index (χ0v) is 12.4. The van der Waals surface area contributed by atoms with Crippen molar-refractivity contribution in [1.82, 2.24) is 15.1 Å². The Morgan fingerprint density at radius 2 is 2.37 bits per heavy atom. The number of hydrogen-bond donors (Lipinski definition) is 1. The maximum atomic E-state index is 6.01. The molecule has 1 aromatic heterocycles. The Morgan fingerprint density at radius 3 is 3.11 bits per heavy atom. The smallest absolute Gasteiger partial charge is 0.101 e. The van der Waals surface area contributed by atoms with Gasteiger partial charge in [-0.3, -0.25) is 4.68 Å². The fraction of sp³-hybridized carbons (Fsp3) is 0.786. The number of rotatable bonds is 3. The topological polar surface area (TPSA) is 39.1 Å². The average Bonchev–Trinajstić information content (AvgIpc) is 2.87. The summed E-state index contributed by atoms with van der Waals surface area (Å²) < 4.78 is 7.87.